The molecule has 0 aromatic rings. The van der Waals surface area contributed by atoms with Crippen molar-refractivity contribution in [3.63, 3.8) is 0 Å². The van der Waals surface area contributed by atoms with E-state index in [1.54, 1.807) is 0 Å². The van der Waals surface area contributed by atoms with Gasteiger partial charge in [-0.2, -0.15) is 0 Å². The van der Waals surface area contributed by atoms with E-state index in [9.17, 15) is 4.79 Å². The Morgan fingerprint density at radius 1 is 0.824 bits per heavy atom. The van der Waals surface area contributed by atoms with Crippen LogP contribution < -0.4 is 0 Å². The number of nitrogens with zero attached hydrogens (tertiary/aromatic N) is 2. The van der Waals surface area contributed by atoms with Crippen LogP contribution in [0.25, 0.3) is 0 Å². The highest BCUT2D eigenvalue weighted by Gasteiger charge is 2.32. The van der Waals surface area contributed by atoms with Gasteiger partial charge in [0.15, 0.2) is 0 Å². The Labute approximate surface area is 104 Å². The molecule has 0 aromatic heterocycles. The van der Waals surface area contributed by atoms with E-state index < -0.39 is 0 Å². The lowest BCUT2D eigenvalue weighted by Crippen LogP contribution is -2.43. The van der Waals surface area contributed by atoms with E-state index in [0.29, 0.717) is 11.8 Å². The van der Waals surface area contributed by atoms with Gasteiger partial charge in [0, 0.05) is 31.5 Å². The summed E-state index contributed by atoms with van der Waals surface area (Å²) in [7, 11) is 0. The van der Waals surface area contributed by atoms with Crippen LogP contribution in [-0.4, -0.2) is 53.8 Å². The first-order valence-electron chi connectivity index (χ1n) is 7.33. The summed E-state index contributed by atoms with van der Waals surface area (Å²) in [6.07, 6.45) is 7.99. The van der Waals surface area contributed by atoms with Crippen molar-refractivity contribution in [2.24, 2.45) is 0 Å². The van der Waals surface area contributed by atoms with Gasteiger partial charge in [0.2, 0.25) is 0 Å². The van der Waals surface area contributed by atoms with Crippen molar-refractivity contribution in [3.8, 4) is 0 Å². The largest absolute Gasteiger partial charge is 0.300 e. The minimum atomic E-state index is 0.485. The third kappa shape index (κ3) is 2.55. The van der Waals surface area contributed by atoms with E-state index in [1.807, 2.05) is 0 Å². The van der Waals surface area contributed by atoms with E-state index in [1.165, 1.54) is 45.4 Å². The first-order valence-corrected chi connectivity index (χ1v) is 7.33. The van der Waals surface area contributed by atoms with Crippen molar-refractivity contribution < 1.29 is 4.79 Å². The summed E-state index contributed by atoms with van der Waals surface area (Å²) < 4.78 is 0. The predicted octanol–water partition coefficient (Wildman–Crippen LogP) is 1.67. The summed E-state index contributed by atoms with van der Waals surface area (Å²) in [6, 6.07) is 1.52. The molecule has 96 valence electrons. The fraction of sp³-hybridized carbons (Fsp3) is 0.929. The van der Waals surface area contributed by atoms with Gasteiger partial charge in [0.25, 0.3) is 0 Å². The molecule has 0 aromatic carbocycles. The topological polar surface area (TPSA) is 23.6 Å². The van der Waals surface area contributed by atoms with Crippen LogP contribution in [0.5, 0.6) is 0 Å². The first kappa shape index (κ1) is 11.7. The SMILES string of the molecule is O=C1CCC(N2CCCN3CCCC3C2)CC1. The number of hydrogen-bond acceptors (Lipinski definition) is 3. The zero-order valence-corrected chi connectivity index (χ0v) is 10.7. The van der Waals surface area contributed by atoms with Gasteiger partial charge in [0.1, 0.15) is 5.78 Å². The summed E-state index contributed by atoms with van der Waals surface area (Å²) in [5.41, 5.74) is 0. The molecule has 0 bridgehead atoms. The monoisotopic (exact) mass is 236 g/mol. The third-order valence-corrected chi connectivity index (χ3v) is 4.86. The number of rotatable bonds is 1. The predicted molar refractivity (Wildman–Crippen MR) is 68.0 cm³/mol. The van der Waals surface area contributed by atoms with Gasteiger partial charge >= 0.3 is 0 Å². The Kier molecular flexibility index (Phi) is 3.48. The average Bonchev–Trinajstić information content (AvgIpc) is 2.68. The lowest BCUT2D eigenvalue weighted by molar-refractivity contribution is -0.121. The maximum absolute atomic E-state index is 11.3. The molecule has 2 saturated heterocycles. The van der Waals surface area contributed by atoms with Gasteiger partial charge in [-0.15, -0.1) is 0 Å². The van der Waals surface area contributed by atoms with E-state index >= 15 is 0 Å². The fourth-order valence-electron chi connectivity index (χ4n) is 3.86. The maximum Gasteiger partial charge on any atom is 0.133 e. The molecular weight excluding hydrogens is 212 g/mol. The second-order valence-electron chi connectivity index (χ2n) is 5.95. The van der Waals surface area contributed by atoms with Crippen LogP contribution in [0, 0.1) is 0 Å². The minimum Gasteiger partial charge on any atom is -0.300 e. The molecule has 2 aliphatic heterocycles. The molecule has 1 atom stereocenters. The van der Waals surface area contributed by atoms with Crippen molar-refractivity contribution >= 4 is 5.78 Å². The Morgan fingerprint density at radius 2 is 1.53 bits per heavy atom. The van der Waals surface area contributed by atoms with Crippen molar-refractivity contribution in [1.29, 1.82) is 0 Å². The van der Waals surface area contributed by atoms with Crippen LogP contribution in [0.1, 0.15) is 44.9 Å². The fourth-order valence-corrected chi connectivity index (χ4v) is 3.86. The highest BCUT2D eigenvalue weighted by Crippen LogP contribution is 2.26. The third-order valence-electron chi connectivity index (χ3n) is 4.86. The van der Waals surface area contributed by atoms with E-state index in [-0.39, 0.29) is 0 Å². The van der Waals surface area contributed by atoms with Gasteiger partial charge in [-0.1, -0.05) is 0 Å². The van der Waals surface area contributed by atoms with Crippen LogP contribution in [0.3, 0.4) is 0 Å². The summed E-state index contributed by atoms with van der Waals surface area (Å²) in [5, 5.41) is 0. The van der Waals surface area contributed by atoms with Crippen molar-refractivity contribution in [3.05, 3.63) is 0 Å². The number of hydrogen-bond donors (Lipinski definition) is 0. The molecule has 3 fully saturated rings. The molecule has 0 radical (unpaired) electrons. The molecule has 0 amide bonds. The molecule has 3 nitrogen and oxygen atoms in total. The Hall–Kier alpha value is -0.410. The molecule has 1 aliphatic carbocycles. The number of ketones is 1. The van der Waals surface area contributed by atoms with Gasteiger partial charge < -0.3 is 0 Å². The summed E-state index contributed by atoms with van der Waals surface area (Å²) in [5.74, 6) is 0.485. The Balaban J connectivity index is 1.60. The van der Waals surface area contributed by atoms with E-state index in [2.05, 4.69) is 9.80 Å². The number of carbonyl (C=O) groups is 1. The lowest BCUT2D eigenvalue weighted by atomic mass is 9.92. The quantitative estimate of drug-likeness (QED) is 0.692. The molecule has 3 rings (SSSR count). The Morgan fingerprint density at radius 3 is 2.35 bits per heavy atom. The van der Waals surface area contributed by atoms with E-state index in [0.717, 1.165) is 31.7 Å². The van der Waals surface area contributed by atoms with Crippen LogP contribution in [0.2, 0.25) is 0 Å². The Bertz CT molecular complexity index is 282. The maximum atomic E-state index is 11.3. The highest BCUT2D eigenvalue weighted by atomic mass is 16.1. The minimum absolute atomic E-state index is 0.485. The number of Topliss-reactive ketones (excluding diaryl/α,β-unsaturated/α-hetero) is 1. The second-order valence-corrected chi connectivity index (χ2v) is 5.95. The average molecular weight is 236 g/mol. The first-order chi connectivity index (χ1) is 8.33. The van der Waals surface area contributed by atoms with Crippen LogP contribution in [0.15, 0.2) is 0 Å². The van der Waals surface area contributed by atoms with Gasteiger partial charge in [-0.25, -0.2) is 0 Å². The van der Waals surface area contributed by atoms with Gasteiger partial charge in [0.05, 0.1) is 0 Å². The molecule has 1 saturated carbocycles. The van der Waals surface area contributed by atoms with Gasteiger partial charge in [-0.3, -0.25) is 14.6 Å². The molecule has 1 unspecified atom stereocenters. The smallest absolute Gasteiger partial charge is 0.133 e. The lowest BCUT2D eigenvalue weighted by Gasteiger charge is -2.34. The van der Waals surface area contributed by atoms with Crippen molar-refractivity contribution in [1.82, 2.24) is 9.80 Å². The summed E-state index contributed by atoms with van der Waals surface area (Å²) >= 11 is 0. The molecule has 0 spiro atoms. The molecular formula is C14H24N2O. The summed E-state index contributed by atoms with van der Waals surface area (Å²) in [6.45, 7) is 5.14. The second kappa shape index (κ2) is 5.07. The number of carbonyl (C=O) groups excluding carboxylic acids is 1. The number of fused-ring (bicyclic) bond motifs is 1. The van der Waals surface area contributed by atoms with Gasteiger partial charge in [-0.05, 0) is 51.7 Å². The highest BCUT2D eigenvalue weighted by molar-refractivity contribution is 5.79. The van der Waals surface area contributed by atoms with Crippen LogP contribution >= 0.6 is 0 Å². The van der Waals surface area contributed by atoms with Crippen molar-refractivity contribution in [2.45, 2.75) is 57.0 Å². The zero-order chi connectivity index (χ0) is 11.7. The standard InChI is InChI=1S/C14H24N2O/c17-14-6-4-12(5-7-14)16-10-2-9-15-8-1-3-13(15)11-16/h12-13H,1-11H2. The van der Waals surface area contributed by atoms with Crippen LogP contribution in [-0.2, 0) is 4.79 Å². The zero-order valence-electron chi connectivity index (χ0n) is 10.7. The van der Waals surface area contributed by atoms with E-state index in [4.69, 9.17) is 0 Å². The molecule has 3 heteroatoms. The van der Waals surface area contributed by atoms with Crippen molar-refractivity contribution in [2.75, 3.05) is 26.2 Å². The molecule has 3 aliphatic rings. The molecule has 0 N–H and O–H groups in total. The van der Waals surface area contributed by atoms with Crippen LogP contribution in [0.4, 0.5) is 0 Å². The normalized spacial score (nSPS) is 33.6. The molecule has 2 heterocycles. The summed E-state index contributed by atoms with van der Waals surface area (Å²) in [4.78, 5) is 16.7. The molecule has 17 heavy (non-hydrogen) atoms.